The van der Waals surface area contributed by atoms with Gasteiger partial charge in [-0.15, -0.1) is 12.4 Å². The van der Waals surface area contributed by atoms with E-state index in [0.29, 0.717) is 39.3 Å². The number of nitrogens with zero attached hydrogens (tertiary/aromatic N) is 2. The van der Waals surface area contributed by atoms with Gasteiger partial charge in [-0.1, -0.05) is 12.8 Å². The summed E-state index contributed by atoms with van der Waals surface area (Å²) in [5.41, 5.74) is 5.57. The second-order valence-corrected chi connectivity index (χ2v) is 6.81. The van der Waals surface area contributed by atoms with Crippen molar-refractivity contribution in [3.63, 3.8) is 0 Å². The van der Waals surface area contributed by atoms with Gasteiger partial charge in [0.05, 0.1) is 5.41 Å². The van der Waals surface area contributed by atoms with Gasteiger partial charge in [0.15, 0.2) is 0 Å². The van der Waals surface area contributed by atoms with Crippen molar-refractivity contribution in [2.45, 2.75) is 44.6 Å². The highest BCUT2D eigenvalue weighted by Gasteiger charge is 2.43. The molecule has 1 atom stereocenters. The van der Waals surface area contributed by atoms with Crippen molar-refractivity contribution >= 4 is 24.2 Å². The molecule has 6 nitrogen and oxygen atoms in total. The minimum absolute atomic E-state index is 0. The fourth-order valence-electron chi connectivity index (χ4n) is 4.00. The van der Waals surface area contributed by atoms with E-state index in [2.05, 4.69) is 0 Å². The summed E-state index contributed by atoms with van der Waals surface area (Å²) >= 11 is 0. The summed E-state index contributed by atoms with van der Waals surface area (Å²) < 4.78 is 5.47. The van der Waals surface area contributed by atoms with E-state index in [4.69, 9.17) is 10.5 Å². The average molecular weight is 346 g/mol. The number of halogens is 1. The van der Waals surface area contributed by atoms with Crippen LogP contribution in [-0.2, 0) is 14.3 Å². The number of carbonyl (C=O) groups is 2. The molecule has 1 aliphatic carbocycles. The molecule has 2 amide bonds. The Kier molecular flexibility index (Phi) is 6.28. The monoisotopic (exact) mass is 345 g/mol. The summed E-state index contributed by atoms with van der Waals surface area (Å²) in [5, 5.41) is 0. The number of amides is 2. The van der Waals surface area contributed by atoms with Crippen LogP contribution in [-0.4, -0.2) is 67.0 Å². The second-order valence-electron chi connectivity index (χ2n) is 6.81. The van der Waals surface area contributed by atoms with Crippen LogP contribution in [0.4, 0.5) is 0 Å². The van der Waals surface area contributed by atoms with E-state index in [1.165, 1.54) is 0 Å². The summed E-state index contributed by atoms with van der Waals surface area (Å²) in [6, 6.07) is 0. The van der Waals surface area contributed by atoms with Crippen LogP contribution in [0, 0.1) is 5.41 Å². The molecule has 0 aromatic rings. The van der Waals surface area contributed by atoms with Crippen LogP contribution in [0.15, 0.2) is 0 Å². The molecular formula is C16H28ClN3O3. The molecule has 7 heteroatoms. The van der Waals surface area contributed by atoms with Crippen molar-refractivity contribution < 1.29 is 14.3 Å². The summed E-state index contributed by atoms with van der Waals surface area (Å²) in [6.45, 7) is 3.61. The zero-order chi connectivity index (χ0) is 15.6. The van der Waals surface area contributed by atoms with E-state index in [0.717, 1.165) is 38.5 Å². The third-order valence-corrected chi connectivity index (χ3v) is 5.49. The van der Waals surface area contributed by atoms with Crippen LogP contribution >= 0.6 is 12.4 Å². The molecule has 1 saturated carbocycles. The maximum Gasteiger partial charge on any atom is 0.251 e. The molecule has 2 aliphatic heterocycles. The number of carbonyl (C=O) groups excluding carboxylic acids is 2. The molecule has 2 N–H and O–H groups in total. The lowest BCUT2D eigenvalue weighted by Crippen LogP contribution is -2.56. The van der Waals surface area contributed by atoms with Crippen LogP contribution in [0.25, 0.3) is 0 Å². The molecule has 0 radical (unpaired) electrons. The van der Waals surface area contributed by atoms with E-state index >= 15 is 0 Å². The van der Waals surface area contributed by atoms with Crippen LogP contribution in [0.1, 0.15) is 38.5 Å². The standard InChI is InChI=1S/C16H27N3O3.ClH/c17-12-16(5-1-2-6-16)15(21)19-9-7-18(8-10-19)14(20)13-4-3-11-22-13;/h13H,1-12,17H2;1H. The molecule has 0 aromatic heterocycles. The topological polar surface area (TPSA) is 75.9 Å². The number of nitrogens with two attached hydrogens (primary N) is 1. The number of hydrogen-bond acceptors (Lipinski definition) is 4. The first-order chi connectivity index (χ1) is 10.7. The van der Waals surface area contributed by atoms with Gasteiger partial charge in [0.25, 0.3) is 5.91 Å². The van der Waals surface area contributed by atoms with Gasteiger partial charge in [0, 0.05) is 39.3 Å². The minimum Gasteiger partial charge on any atom is -0.368 e. The Hall–Kier alpha value is -0.850. The summed E-state index contributed by atoms with van der Waals surface area (Å²) in [7, 11) is 0. The first kappa shape index (κ1) is 18.5. The highest BCUT2D eigenvalue weighted by Crippen LogP contribution is 2.39. The number of rotatable bonds is 3. The van der Waals surface area contributed by atoms with Gasteiger partial charge in [-0.2, -0.15) is 0 Å². The maximum atomic E-state index is 12.8. The minimum atomic E-state index is -0.333. The van der Waals surface area contributed by atoms with E-state index in [-0.39, 0.29) is 35.7 Å². The normalized spacial score (nSPS) is 26.9. The quantitative estimate of drug-likeness (QED) is 0.820. The molecule has 2 heterocycles. The van der Waals surface area contributed by atoms with Crippen molar-refractivity contribution in [2.75, 3.05) is 39.3 Å². The lowest BCUT2D eigenvalue weighted by atomic mass is 9.84. The predicted octanol–water partition coefficient (Wildman–Crippen LogP) is 0.777. The predicted molar refractivity (Wildman–Crippen MR) is 89.3 cm³/mol. The molecule has 3 aliphatic rings. The molecule has 1 unspecified atom stereocenters. The van der Waals surface area contributed by atoms with Crippen molar-refractivity contribution in [2.24, 2.45) is 11.1 Å². The lowest BCUT2D eigenvalue weighted by molar-refractivity contribution is -0.149. The van der Waals surface area contributed by atoms with Crippen molar-refractivity contribution in [3.05, 3.63) is 0 Å². The van der Waals surface area contributed by atoms with Crippen LogP contribution < -0.4 is 5.73 Å². The average Bonchev–Trinajstić information content (AvgIpc) is 3.25. The molecule has 0 bridgehead atoms. The molecule has 2 saturated heterocycles. The molecule has 132 valence electrons. The molecule has 3 rings (SSSR count). The molecule has 0 spiro atoms. The molecule has 23 heavy (non-hydrogen) atoms. The molecule has 3 fully saturated rings. The molecular weight excluding hydrogens is 318 g/mol. The van der Waals surface area contributed by atoms with Crippen molar-refractivity contribution in [1.29, 1.82) is 0 Å². The summed E-state index contributed by atoms with van der Waals surface area (Å²) in [4.78, 5) is 28.9. The Morgan fingerprint density at radius 2 is 1.65 bits per heavy atom. The van der Waals surface area contributed by atoms with E-state index in [1.54, 1.807) is 0 Å². The van der Waals surface area contributed by atoms with Crippen LogP contribution in [0.2, 0.25) is 0 Å². The van der Waals surface area contributed by atoms with Crippen LogP contribution in [0.3, 0.4) is 0 Å². The highest BCUT2D eigenvalue weighted by molar-refractivity contribution is 5.85. The Labute approximate surface area is 144 Å². The zero-order valence-electron chi connectivity index (χ0n) is 13.7. The SMILES string of the molecule is Cl.NCC1(C(=O)N2CCN(C(=O)C3CCCO3)CC2)CCCC1. The van der Waals surface area contributed by atoms with Gasteiger partial charge in [-0.3, -0.25) is 9.59 Å². The maximum absolute atomic E-state index is 12.8. The van der Waals surface area contributed by atoms with Gasteiger partial charge < -0.3 is 20.3 Å². The van der Waals surface area contributed by atoms with E-state index in [9.17, 15) is 9.59 Å². The lowest BCUT2D eigenvalue weighted by Gasteiger charge is -2.40. The smallest absolute Gasteiger partial charge is 0.251 e. The number of piperazine rings is 1. The fraction of sp³-hybridized carbons (Fsp3) is 0.875. The van der Waals surface area contributed by atoms with Crippen molar-refractivity contribution in [1.82, 2.24) is 9.80 Å². The number of hydrogen-bond donors (Lipinski definition) is 1. The fourth-order valence-corrected chi connectivity index (χ4v) is 4.00. The summed E-state index contributed by atoms with van der Waals surface area (Å²) in [6.07, 6.45) is 5.56. The van der Waals surface area contributed by atoms with Crippen molar-refractivity contribution in [3.8, 4) is 0 Å². The van der Waals surface area contributed by atoms with Gasteiger partial charge in [0.1, 0.15) is 6.10 Å². The largest absolute Gasteiger partial charge is 0.368 e. The Morgan fingerprint density at radius 1 is 1.04 bits per heavy atom. The third kappa shape index (κ3) is 3.64. The van der Waals surface area contributed by atoms with E-state index in [1.807, 2.05) is 9.80 Å². The highest BCUT2D eigenvalue weighted by atomic mass is 35.5. The van der Waals surface area contributed by atoms with Gasteiger partial charge in [0.2, 0.25) is 5.91 Å². The third-order valence-electron chi connectivity index (χ3n) is 5.49. The Bertz CT molecular complexity index is 426. The van der Waals surface area contributed by atoms with Gasteiger partial charge in [-0.25, -0.2) is 0 Å². The Morgan fingerprint density at radius 3 is 2.17 bits per heavy atom. The molecule has 0 aromatic carbocycles. The van der Waals surface area contributed by atoms with Gasteiger partial charge in [-0.05, 0) is 25.7 Å². The van der Waals surface area contributed by atoms with E-state index < -0.39 is 0 Å². The summed E-state index contributed by atoms with van der Waals surface area (Å²) in [5.74, 6) is 0.302. The second kappa shape index (κ2) is 7.81. The first-order valence-electron chi connectivity index (χ1n) is 8.56. The van der Waals surface area contributed by atoms with Gasteiger partial charge >= 0.3 is 0 Å². The first-order valence-corrected chi connectivity index (χ1v) is 8.56. The van der Waals surface area contributed by atoms with Crippen LogP contribution in [0.5, 0.6) is 0 Å². The Balaban J connectivity index is 0.00000192. The zero-order valence-corrected chi connectivity index (χ0v) is 14.5. The number of ether oxygens (including phenoxy) is 1.